The van der Waals surface area contributed by atoms with Gasteiger partial charge in [0.15, 0.2) is 5.82 Å². The van der Waals surface area contributed by atoms with Crippen LogP contribution in [-0.4, -0.2) is 21.0 Å². The number of nitrogens with zero attached hydrogens (tertiary/aromatic N) is 2. The standard InChI is InChI=1S/C14H13BrN2O2/c1-8(2)12-11(14(18)19)7-16-13(17-12)9-3-5-10(15)6-4-9/h3-8H,1-2H3,(H,18,19). The summed E-state index contributed by atoms with van der Waals surface area (Å²) in [7, 11) is 0. The zero-order chi connectivity index (χ0) is 14.0. The third-order valence-electron chi connectivity index (χ3n) is 2.70. The van der Waals surface area contributed by atoms with Crippen molar-refractivity contribution in [2.24, 2.45) is 0 Å². The van der Waals surface area contributed by atoms with Crippen LogP contribution in [0.3, 0.4) is 0 Å². The number of aromatic carboxylic acids is 1. The quantitative estimate of drug-likeness (QED) is 0.936. The van der Waals surface area contributed by atoms with Crippen LogP contribution in [0.4, 0.5) is 0 Å². The first kappa shape index (κ1) is 13.7. The van der Waals surface area contributed by atoms with Gasteiger partial charge in [-0.1, -0.05) is 41.9 Å². The number of benzene rings is 1. The number of carboxylic acids is 1. The Balaban J connectivity index is 2.52. The Bertz CT molecular complexity index is 609. The molecule has 98 valence electrons. The van der Waals surface area contributed by atoms with E-state index in [9.17, 15) is 4.79 Å². The van der Waals surface area contributed by atoms with Crippen LogP contribution in [0.5, 0.6) is 0 Å². The largest absolute Gasteiger partial charge is 0.478 e. The summed E-state index contributed by atoms with van der Waals surface area (Å²) in [6.07, 6.45) is 1.38. The summed E-state index contributed by atoms with van der Waals surface area (Å²) in [6, 6.07) is 7.59. The lowest BCUT2D eigenvalue weighted by Gasteiger charge is -2.10. The van der Waals surface area contributed by atoms with Crippen LogP contribution < -0.4 is 0 Å². The number of hydrogen-bond acceptors (Lipinski definition) is 3. The average Bonchev–Trinajstić information content (AvgIpc) is 2.38. The maximum Gasteiger partial charge on any atom is 0.339 e. The van der Waals surface area contributed by atoms with Gasteiger partial charge in [-0.3, -0.25) is 0 Å². The van der Waals surface area contributed by atoms with Gasteiger partial charge in [-0.05, 0) is 18.1 Å². The molecule has 0 aliphatic heterocycles. The Hall–Kier alpha value is -1.75. The van der Waals surface area contributed by atoms with Gasteiger partial charge in [-0.2, -0.15) is 0 Å². The first-order valence-electron chi connectivity index (χ1n) is 5.85. The lowest BCUT2D eigenvalue weighted by atomic mass is 10.0. The highest BCUT2D eigenvalue weighted by Gasteiger charge is 2.16. The predicted molar refractivity (Wildman–Crippen MR) is 76.2 cm³/mol. The monoisotopic (exact) mass is 320 g/mol. The van der Waals surface area contributed by atoms with Crippen LogP contribution in [0.15, 0.2) is 34.9 Å². The van der Waals surface area contributed by atoms with E-state index in [0.717, 1.165) is 10.0 Å². The zero-order valence-corrected chi connectivity index (χ0v) is 12.2. The minimum Gasteiger partial charge on any atom is -0.478 e. The molecule has 5 heteroatoms. The van der Waals surface area contributed by atoms with Gasteiger partial charge >= 0.3 is 5.97 Å². The summed E-state index contributed by atoms with van der Waals surface area (Å²) in [5.41, 5.74) is 1.58. The number of rotatable bonds is 3. The summed E-state index contributed by atoms with van der Waals surface area (Å²) in [4.78, 5) is 19.7. The zero-order valence-electron chi connectivity index (χ0n) is 10.6. The van der Waals surface area contributed by atoms with Crippen LogP contribution >= 0.6 is 15.9 Å². The number of halogens is 1. The molecule has 4 nitrogen and oxygen atoms in total. The van der Waals surface area contributed by atoms with E-state index in [-0.39, 0.29) is 11.5 Å². The fraction of sp³-hybridized carbons (Fsp3) is 0.214. The van der Waals surface area contributed by atoms with Gasteiger partial charge in [0.2, 0.25) is 0 Å². The molecule has 0 fully saturated rings. The van der Waals surface area contributed by atoms with Crippen LogP contribution in [-0.2, 0) is 0 Å². The molecule has 0 saturated heterocycles. The van der Waals surface area contributed by atoms with Crippen molar-refractivity contribution in [3.8, 4) is 11.4 Å². The normalized spacial score (nSPS) is 10.7. The Morgan fingerprint density at radius 1 is 1.26 bits per heavy atom. The van der Waals surface area contributed by atoms with Crippen LogP contribution in [0.25, 0.3) is 11.4 Å². The molecule has 0 radical (unpaired) electrons. The molecule has 19 heavy (non-hydrogen) atoms. The van der Waals surface area contributed by atoms with E-state index in [4.69, 9.17) is 5.11 Å². The molecule has 1 heterocycles. The van der Waals surface area contributed by atoms with Crippen molar-refractivity contribution in [2.45, 2.75) is 19.8 Å². The molecule has 2 aromatic rings. The molecule has 0 aliphatic rings. The average molecular weight is 321 g/mol. The topological polar surface area (TPSA) is 63.1 Å². The number of hydrogen-bond donors (Lipinski definition) is 1. The molecule has 0 unspecified atom stereocenters. The first-order chi connectivity index (χ1) is 8.99. The van der Waals surface area contributed by atoms with Gasteiger partial charge in [0.1, 0.15) is 0 Å². The number of carboxylic acid groups (broad SMARTS) is 1. The highest BCUT2D eigenvalue weighted by atomic mass is 79.9. The van der Waals surface area contributed by atoms with Gasteiger partial charge in [-0.15, -0.1) is 0 Å². The second-order valence-corrected chi connectivity index (χ2v) is 5.37. The molecule has 1 N–H and O–H groups in total. The lowest BCUT2D eigenvalue weighted by Crippen LogP contribution is -2.08. The highest BCUT2D eigenvalue weighted by Crippen LogP contribution is 2.22. The van der Waals surface area contributed by atoms with Crippen LogP contribution in [0, 0.1) is 0 Å². The number of carbonyl (C=O) groups is 1. The van der Waals surface area contributed by atoms with Crippen molar-refractivity contribution in [1.29, 1.82) is 0 Å². The third-order valence-corrected chi connectivity index (χ3v) is 3.23. The van der Waals surface area contributed by atoms with Crippen molar-refractivity contribution < 1.29 is 9.90 Å². The SMILES string of the molecule is CC(C)c1nc(-c2ccc(Br)cc2)ncc1C(=O)O. The van der Waals surface area contributed by atoms with Crippen molar-refractivity contribution in [3.63, 3.8) is 0 Å². The second kappa shape index (κ2) is 5.48. The Morgan fingerprint density at radius 2 is 1.89 bits per heavy atom. The van der Waals surface area contributed by atoms with E-state index in [1.165, 1.54) is 6.20 Å². The fourth-order valence-corrected chi connectivity index (χ4v) is 2.00. The minimum atomic E-state index is -0.994. The third kappa shape index (κ3) is 2.98. The Morgan fingerprint density at radius 3 is 2.42 bits per heavy atom. The van der Waals surface area contributed by atoms with Crippen molar-refractivity contribution in [3.05, 3.63) is 46.2 Å². The predicted octanol–water partition coefficient (Wildman–Crippen LogP) is 3.73. The molecule has 1 aromatic carbocycles. The number of aromatic nitrogens is 2. The maximum absolute atomic E-state index is 11.1. The molecule has 0 atom stereocenters. The van der Waals surface area contributed by atoms with E-state index in [2.05, 4.69) is 25.9 Å². The van der Waals surface area contributed by atoms with E-state index in [0.29, 0.717) is 11.5 Å². The molecule has 2 rings (SSSR count). The molecule has 0 saturated carbocycles. The summed E-state index contributed by atoms with van der Waals surface area (Å²) in [6.45, 7) is 3.83. The second-order valence-electron chi connectivity index (χ2n) is 4.46. The van der Waals surface area contributed by atoms with Gasteiger partial charge in [0.05, 0.1) is 11.3 Å². The summed E-state index contributed by atoms with van der Waals surface area (Å²) < 4.78 is 0.975. The van der Waals surface area contributed by atoms with Gasteiger partial charge in [-0.25, -0.2) is 14.8 Å². The van der Waals surface area contributed by atoms with Crippen molar-refractivity contribution in [2.75, 3.05) is 0 Å². The summed E-state index contributed by atoms with van der Waals surface area (Å²) in [5, 5.41) is 9.13. The van der Waals surface area contributed by atoms with E-state index in [1.807, 2.05) is 38.1 Å². The molecular weight excluding hydrogens is 308 g/mol. The smallest absolute Gasteiger partial charge is 0.339 e. The maximum atomic E-state index is 11.1. The van der Waals surface area contributed by atoms with Crippen molar-refractivity contribution in [1.82, 2.24) is 9.97 Å². The van der Waals surface area contributed by atoms with E-state index >= 15 is 0 Å². The molecule has 0 aliphatic carbocycles. The van der Waals surface area contributed by atoms with Gasteiger partial charge in [0.25, 0.3) is 0 Å². The molecular formula is C14H13BrN2O2. The van der Waals surface area contributed by atoms with E-state index in [1.54, 1.807) is 0 Å². The molecule has 0 spiro atoms. The van der Waals surface area contributed by atoms with Crippen LogP contribution in [0.2, 0.25) is 0 Å². The lowest BCUT2D eigenvalue weighted by molar-refractivity contribution is 0.0694. The van der Waals surface area contributed by atoms with Crippen LogP contribution in [0.1, 0.15) is 35.8 Å². The molecule has 1 aromatic heterocycles. The Kier molecular flexibility index (Phi) is 3.95. The van der Waals surface area contributed by atoms with Gasteiger partial charge in [0, 0.05) is 16.2 Å². The summed E-state index contributed by atoms with van der Waals surface area (Å²) in [5.74, 6) is -0.421. The van der Waals surface area contributed by atoms with E-state index < -0.39 is 5.97 Å². The molecule has 0 bridgehead atoms. The highest BCUT2D eigenvalue weighted by molar-refractivity contribution is 9.10. The fourth-order valence-electron chi connectivity index (χ4n) is 1.74. The Labute approximate surface area is 119 Å². The van der Waals surface area contributed by atoms with Crippen molar-refractivity contribution >= 4 is 21.9 Å². The molecule has 0 amide bonds. The first-order valence-corrected chi connectivity index (χ1v) is 6.64. The van der Waals surface area contributed by atoms with Gasteiger partial charge < -0.3 is 5.11 Å². The minimum absolute atomic E-state index is 0.0308. The summed E-state index contributed by atoms with van der Waals surface area (Å²) >= 11 is 3.37.